The van der Waals surface area contributed by atoms with Crippen molar-refractivity contribution in [2.45, 2.75) is 32.0 Å². The fraction of sp³-hybridized carbons (Fsp3) is 0.278. The van der Waals surface area contributed by atoms with Crippen molar-refractivity contribution in [3.63, 3.8) is 0 Å². The van der Waals surface area contributed by atoms with Crippen LogP contribution in [0.15, 0.2) is 55.0 Å². The summed E-state index contributed by atoms with van der Waals surface area (Å²) in [6.45, 7) is 1.84. The number of rotatable bonds is 5. The molecule has 0 amide bonds. The highest BCUT2D eigenvalue weighted by Crippen LogP contribution is 2.23. The number of pyridine rings is 1. The van der Waals surface area contributed by atoms with Crippen LogP contribution in [0.25, 0.3) is 10.9 Å². The number of nitrogens with one attached hydrogen (secondary N) is 1. The van der Waals surface area contributed by atoms with Gasteiger partial charge < -0.3 is 9.88 Å². The third-order valence-electron chi connectivity index (χ3n) is 4.14. The molecule has 4 rings (SSSR count). The second kappa shape index (κ2) is 5.34. The molecular formula is C18H19N3. The van der Waals surface area contributed by atoms with Crippen molar-refractivity contribution in [3.05, 3.63) is 66.1 Å². The second-order valence-corrected chi connectivity index (χ2v) is 5.81. The van der Waals surface area contributed by atoms with Crippen LogP contribution >= 0.6 is 0 Å². The first-order chi connectivity index (χ1) is 10.4. The van der Waals surface area contributed by atoms with Gasteiger partial charge in [-0.25, -0.2) is 0 Å². The zero-order valence-corrected chi connectivity index (χ0v) is 12.0. The SMILES string of the molecule is c1cncc(Cn2ccc3c(CNC4CC4)cccc32)c1. The van der Waals surface area contributed by atoms with E-state index in [2.05, 4.69) is 51.4 Å². The average Bonchev–Trinajstić information content (AvgIpc) is 3.27. The minimum atomic E-state index is 0.748. The Morgan fingerprint density at radius 3 is 2.90 bits per heavy atom. The number of hydrogen-bond donors (Lipinski definition) is 1. The van der Waals surface area contributed by atoms with Crippen LogP contribution in [0.3, 0.4) is 0 Å². The summed E-state index contributed by atoms with van der Waals surface area (Å²) < 4.78 is 2.30. The van der Waals surface area contributed by atoms with E-state index in [0.717, 1.165) is 19.1 Å². The predicted molar refractivity (Wildman–Crippen MR) is 85.1 cm³/mol. The van der Waals surface area contributed by atoms with Crippen molar-refractivity contribution in [1.29, 1.82) is 0 Å². The van der Waals surface area contributed by atoms with Gasteiger partial charge in [0, 0.05) is 48.6 Å². The molecule has 21 heavy (non-hydrogen) atoms. The Morgan fingerprint density at radius 2 is 2.10 bits per heavy atom. The summed E-state index contributed by atoms with van der Waals surface area (Å²) in [5.41, 5.74) is 3.93. The maximum atomic E-state index is 4.20. The summed E-state index contributed by atoms with van der Waals surface area (Å²) >= 11 is 0. The highest BCUT2D eigenvalue weighted by molar-refractivity contribution is 5.83. The summed E-state index contributed by atoms with van der Waals surface area (Å²) in [6.07, 6.45) is 8.59. The van der Waals surface area contributed by atoms with Crippen molar-refractivity contribution in [2.75, 3.05) is 0 Å². The molecule has 0 spiro atoms. The minimum absolute atomic E-state index is 0.748. The molecule has 1 aromatic carbocycles. The molecule has 2 heterocycles. The van der Waals surface area contributed by atoms with Gasteiger partial charge in [-0.2, -0.15) is 0 Å². The number of aromatic nitrogens is 2. The van der Waals surface area contributed by atoms with E-state index >= 15 is 0 Å². The smallest absolute Gasteiger partial charge is 0.0491 e. The lowest BCUT2D eigenvalue weighted by molar-refractivity contribution is 0.691. The molecule has 106 valence electrons. The Balaban J connectivity index is 1.63. The first-order valence-electron chi connectivity index (χ1n) is 7.59. The first-order valence-corrected chi connectivity index (χ1v) is 7.59. The topological polar surface area (TPSA) is 29.9 Å². The fourth-order valence-electron chi connectivity index (χ4n) is 2.81. The third kappa shape index (κ3) is 2.69. The molecule has 0 saturated heterocycles. The lowest BCUT2D eigenvalue weighted by Crippen LogP contribution is -2.15. The van der Waals surface area contributed by atoms with Gasteiger partial charge in [-0.15, -0.1) is 0 Å². The van der Waals surface area contributed by atoms with E-state index in [4.69, 9.17) is 0 Å². The molecule has 2 aromatic heterocycles. The van der Waals surface area contributed by atoms with Crippen LogP contribution in [0.4, 0.5) is 0 Å². The standard InChI is InChI=1S/C18H19N3/c1-4-15(12-20-16-6-7-16)17-8-10-21(18(17)5-1)13-14-3-2-9-19-11-14/h1-5,8-11,16,20H,6-7,12-13H2. The van der Waals surface area contributed by atoms with Crippen LogP contribution in [-0.4, -0.2) is 15.6 Å². The molecular weight excluding hydrogens is 258 g/mol. The van der Waals surface area contributed by atoms with Gasteiger partial charge in [0.1, 0.15) is 0 Å². The second-order valence-electron chi connectivity index (χ2n) is 5.81. The van der Waals surface area contributed by atoms with Crippen LogP contribution in [0.5, 0.6) is 0 Å². The summed E-state index contributed by atoms with van der Waals surface area (Å²) in [4.78, 5) is 4.20. The van der Waals surface area contributed by atoms with Crippen LogP contribution in [0.2, 0.25) is 0 Å². The van der Waals surface area contributed by atoms with Crippen LogP contribution in [0.1, 0.15) is 24.0 Å². The van der Waals surface area contributed by atoms with E-state index < -0.39 is 0 Å². The summed E-state index contributed by atoms with van der Waals surface area (Å²) in [6, 6.07) is 13.7. The van der Waals surface area contributed by atoms with E-state index in [0.29, 0.717) is 0 Å². The lowest BCUT2D eigenvalue weighted by Gasteiger charge is -2.08. The van der Waals surface area contributed by atoms with E-state index in [1.54, 1.807) is 0 Å². The molecule has 1 saturated carbocycles. The maximum Gasteiger partial charge on any atom is 0.0491 e. The van der Waals surface area contributed by atoms with E-state index in [9.17, 15) is 0 Å². The molecule has 0 radical (unpaired) electrons. The largest absolute Gasteiger partial charge is 0.343 e. The normalized spacial score (nSPS) is 14.7. The molecule has 0 atom stereocenters. The van der Waals surface area contributed by atoms with E-state index in [-0.39, 0.29) is 0 Å². The Kier molecular flexibility index (Phi) is 3.20. The number of nitrogens with zero attached hydrogens (tertiary/aromatic N) is 2. The molecule has 0 unspecified atom stereocenters. The molecule has 3 nitrogen and oxygen atoms in total. The van der Waals surface area contributed by atoms with Crippen LogP contribution < -0.4 is 5.32 Å². The van der Waals surface area contributed by atoms with Gasteiger partial charge in [0.2, 0.25) is 0 Å². The molecule has 1 aliphatic rings. The monoisotopic (exact) mass is 277 g/mol. The molecule has 0 aliphatic heterocycles. The van der Waals surface area contributed by atoms with Gasteiger partial charge >= 0.3 is 0 Å². The first kappa shape index (κ1) is 12.6. The molecule has 1 aliphatic carbocycles. The molecule has 3 heteroatoms. The summed E-state index contributed by atoms with van der Waals surface area (Å²) in [5.74, 6) is 0. The van der Waals surface area contributed by atoms with Gasteiger partial charge in [0.15, 0.2) is 0 Å². The lowest BCUT2D eigenvalue weighted by atomic mass is 10.1. The summed E-state index contributed by atoms with van der Waals surface area (Å²) in [7, 11) is 0. The molecule has 1 N–H and O–H groups in total. The van der Waals surface area contributed by atoms with Crippen LogP contribution in [0, 0.1) is 0 Å². The quantitative estimate of drug-likeness (QED) is 0.775. The van der Waals surface area contributed by atoms with Crippen molar-refractivity contribution in [1.82, 2.24) is 14.9 Å². The van der Waals surface area contributed by atoms with Gasteiger partial charge in [-0.1, -0.05) is 18.2 Å². The molecule has 3 aromatic rings. The Labute approximate surface area is 124 Å². The molecule has 1 fully saturated rings. The number of fused-ring (bicyclic) bond motifs is 1. The van der Waals surface area contributed by atoms with E-state index in [1.807, 2.05) is 18.5 Å². The van der Waals surface area contributed by atoms with Crippen LogP contribution in [-0.2, 0) is 13.1 Å². The van der Waals surface area contributed by atoms with Gasteiger partial charge in [0.05, 0.1) is 0 Å². The Hall–Kier alpha value is -2.13. The molecule has 0 bridgehead atoms. The van der Waals surface area contributed by atoms with Gasteiger partial charge in [0.25, 0.3) is 0 Å². The highest BCUT2D eigenvalue weighted by Gasteiger charge is 2.20. The highest BCUT2D eigenvalue weighted by atomic mass is 15.0. The van der Waals surface area contributed by atoms with Crippen molar-refractivity contribution in [3.8, 4) is 0 Å². The van der Waals surface area contributed by atoms with Gasteiger partial charge in [-0.3, -0.25) is 4.98 Å². The predicted octanol–water partition coefficient (Wildman–Crippen LogP) is 3.34. The number of benzene rings is 1. The van der Waals surface area contributed by atoms with Gasteiger partial charge in [-0.05, 0) is 42.2 Å². The Bertz CT molecular complexity index is 742. The zero-order chi connectivity index (χ0) is 14.1. The van der Waals surface area contributed by atoms with E-state index in [1.165, 1.54) is 34.9 Å². The maximum absolute atomic E-state index is 4.20. The average molecular weight is 277 g/mol. The third-order valence-corrected chi connectivity index (χ3v) is 4.14. The van der Waals surface area contributed by atoms with Crippen molar-refractivity contribution < 1.29 is 0 Å². The Morgan fingerprint density at radius 1 is 1.14 bits per heavy atom. The fourth-order valence-corrected chi connectivity index (χ4v) is 2.81. The zero-order valence-electron chi connectivity index (χ0n) is 12.0. The number of hydrogen-bond acceptors (Lipinski definition) is 2. The van der Waals surface area contributed by atoms with Crippen molar-refractivity contribution >= 4 is 10.9 Å². The minimum Gasteiger partial charge on any atom is -0.343 e. The summed E-state index contributed by atoms with van der Waals surface area (Å²) in [5, 5.41) is 4.96. The van der Waals surface area contributed by atoms with Crippen molar-refractivity contribution in [2.24, 2.45) is 0 Å².